The maximum atomic E-state index is 13.2. The molecule has 0 saturated carbocycles. The first-order valence-electron chi connectivity index (χ1n) is 30.5. The number of carboxylic acid groups (broad SMARTS) is 1. The van der Waals surface area contributed by atoms with E-state index in [4.69, 9.17) is 23.7 Å². The molecule has 3 N–H and O–H groups in total. The van der Waals surface area contributed by atoms with Crippen molar-refractivity contribution < 1.29 is 58.2 Å². The third-order valence-electron chi connectivity index (χ3n) is 13.0. The van der Waals surface area contributed by atoms with Crippen LogP contribution in [0.3, 0.4) is 0 Å². The minimum Gasteiger partial charge on any atom is -0.479 e. The van der Waals surface area contributed by atoms with Crippen LogP contribution in [0.15, 0.2) is 122 Å². The first kappa shape index (κ1) is 72.1. The summed E-state index contributed by atoms with van der Waals surface area (Å²) in [6.45, 7) is 5.67. The topological polar surface area (TPSA) is 175 Å². The van der Waals surface area contributed by atoms with Gasteiger partial charge in [-0.05, 0) is 116 Å². The summed E-state index contributed by atoms with van der Waals surface area (Å²) in [5.74, 6) is -3.28. The second kappa shape index (κ2) is 53.7. The van der Waals surface area contributed by atoms with E-state index in [0.717, 1.165) is 128 Å². The number of unbranched alkanes of at least 4 members (excludes halogenated alkanes) is 16. The Bertz CT molecular complexity index is 1840. The SMILES string of the molecule is CC/C=C\C/C=C\C/C=C\C/C=C\C/C=C\C/C=C\CCC(=O)OCC(COC1OC(C(=O)O)C(O)C(O)C1OC(=O)CCCCCCC/C=C\CCCCCCCC)OC(=O)CCCCCCC/C=C\C/C=C\C/C=C\CC. The summed E-state index contributed by atoms with van der Waals surface area (Å²) < 4.78 is 28.3. The molecule has 6 atom stereocenters. The second-order valence-corrected chi connectivity index (χ2v) is 20.2. The molecule has 0 aliphatic carbocycles. The highest BCUT2D eigenvalue weighted by Gasteiger charge is 2.50. The van der Waals surface area contributed by atoms with Crippen LogP contribution in [0.5, 0.6) is 0 Å². The summed E-state index contributed by atoms with van der Waals surface area (Å²) >= 11 is 0. The number of aliphatic carboxylic acids is 1. The molecule has 0 spiro atoms. The van der Waals surface area contributed by atoms with Crippen LogP contribution in [0.4, 0.5) is 0 Å². The number of rotatable bonds is 50. The predicted octanol–water partition coefficient (Wildman–Crippen LogP) is 16.0. The zero-order valence-electron chi connectivity index (χ0n) is 49.1. The monoisotopic (exact) mass is 1100 g/mol. The summed E-state index contributed by atoms with van der Waals surface area (Å²) in [4.78, 5) is 51.2. The molecule has 79 heavy (non-hydrogen) atoms. The Balaban J connectivity index is 2.75. The van der Waals surface area contributed by atoms with E-state index >= 15 is 0 Å². The average molecular weight is 1100 g/mol. The van der Waals surface area contributed by atoms with Gasteiger partial charge >= 0.3 is 23.9 Å². The molecule has 12 nitrogen and oxygen atoms in total. The van der Waals surface area contributed by atoms with Crippen molar-refractivity contribution in [2.24, 2.45) is 0 Å². The van der Waals surface area contributed by atoms with Gasteiger partial charge in [0.25, 0.3) is 0 Å². The Morgan fingerprint density at radius 3 is 1.28 bits per heavy atom. The van der Waals surface area contributed by atoms with Crippen LogP contribution in [0.2, 0.25) is 0 Å². The van der Waals surface area contributed by atoms with E-state index in [1.165, 1.54) is 38.5 Å². The van der Waals surface area contributed by atoms with Gasteiger partial charge in [-0.25, -0.2) is 4.79 Å². The van der Waals surface area contributed by atoms with Crippen LogP contribution >= 0.6 is 0 Å². The average Bonchev–Trinajstić information content (AvgIpc) is 3.46. The molecule has 0 amide bonds. The van der Waals surface area contributed by atoms with Crippen LogP contribution in [-0.4, -0.2) is 89.2 Å². The summed E-state index contributed by atoms with van der Waals surface area (Å²) in [5.41, 5.74) is 0. The normalized spacial score (nSPS) is 18.7. The highest BCUT2D eigenvalue weighted by molar-refractivity contribution is 5.74. The lowest BCUT2D eigenvalue weighted by Crippen LogP contribution is -2.61. The van der Waals surface area contributed by atoms with Crippen LogP contribution in [0.25, 0.3) is 0 Å². The van der Waals surface area contributed by atoms with Crippen molar-refractivity contribution in [2.45, 2.75) is 263 Å². The summed E-state index contributed by atoms with van der Waals surface area (Å²) in [6.07, 6.45) is 61.7. The zero-order chi connectivity index (χ0) is 57.5. The van der Waals surface area contributed by atoms with Crippen LogP contribution in [0, 0.1) is 0 Å². The van der Waals surface area contributed by atoms with Gasteiger partial charge in [0.2, 0.25) is 0 Å². The number of carbonyl (C=O) groups excluding carboxylic acids is 3. The third kappa shape index (κ3) is 43.6. The maximum Gasteiger partial charge on any atom is 0.335 e. The largest absolute Gasteiger partial charge is 0.479 e. The Labute approximate surface area is 478 Å². The van der Waals surface area contributed by atoms with Crippen molar-refractivity contribution >= 4 is 23.9 Å². The van der Waals surface area contributed by atoms with Gasteiger partial charge < -0.3 is 39.0 Å². The lowest BCUT2D eigenvalue weighted by atomic mass is 9.98. The molecule has 1 fully saturated rings. The number of hydrogen-bond acceptors (Lipinski definition) is 11. The molecule has 446 valence electrons. The van der Waals surface area contributed by atoms with Crippen molar-refractivity contribution in [3.8, 4) is 0 Å². The van der Waals surface area contributed by atoms with Crippen LogP contribution < -0.4 is 0 Å². The molecule has 0 bridgehead atoms. The number of allylic oxidation sites excluding steroid dienone is 20. The maximum absolute atomic E-state index is 13.2. The Morgan fingerprint density at radius 1 is 0.430 bits per heavy atom. The molecule has 1 saturated heterocycles. The van der Waals surface area contributed by atoms with Crippen molar-refractivity contribution in [1.82, 2.24) is 0 Å². The van der Waals surface area contributed by atoms with E-state index in [9.17, 15) is 34.5 Å². The summed E-state index contributed by atoms with van der Waals surface area (Å²) in [7, 11) is 0. The number of carboxylic acids is 1. The van der Waals surface area contributed by atoms with Gasteiger partial charge in [-0.3, -0.25) is 14.4 Å². The standard InChI is InChI=1S/C67H106O12/c1-4-7-10-13-16-19-22-25-28-29-30-31-34-35-38-41-44-47-50-53-59(68)75-56-58(77-60(69)54-51-48-45-42-39-36-32-26-23-20-17-14-11-8-5-2)57-76-67-65(63(72)62(71)64(79-67)66(73)74)78-61(70)55-52-49-46-43-40-37-33-27-24-21-18-15-12-9-6-3/h7-8,10-11,16-17,19-20,25-28,30-33,35,38,44,47,58,62-65,67,71-72H,4-6,9,12-15,18,21-24,29,34,36-37,39-43,45-46,48-57H2,1-3H3,(H,73,74)/b10-7-,11-8-,19-16-,20-17-,28-25-,31-30-,32-26-,33-27-,38-35-,47-44-. The first-order chi connectivity index (χ1) is 38.6. The number of ether oxygens (including phenoxy) is 5. The van der Waals surface area contributed by atoms with E-state index < -0.39 is 67.3 Å². The molecule has 12 heteroatoms. The zero-order valence-corrected chi connectivity index (χ0v) is 49.1. The molecule has 1 rings (SSSR count). The molecule has 0 radical (unpaired) electrons. The highest BCUT2D eigenvalue weighted by atomic mass is 16.7. The van der Waals surface area contributed by atoms with Crippen molar-refractivity contribution in [3.05, 3.63) is 122 Å². The number of aliphatic hydroxyl groups is 2. The van der Waals surface area contributed by atoms with Gasteiger partial charge in [-0.15, -0.1) is 0 Å². The molecular formula is C67H106O12. The molecule has 0 aromatic heterocycles. The van der Waals surface area contributed by atoms with Crippen molar-refractivity contribution in [2.75, 3.05) is 13.2 Å². The minimum atomic E-state index is -1.92. The number of hydrogen-bond donors (Lipinski definition) is 3. The van der Waals surface area contributed by atoms with E-state index in [0.29, 0.717) is 19.3 Å². The highest BCUT2D eigenvalue weighted by Crippen LogP contribution is 2.26. The molecule has 0 aromatic rings. The quantitative estimate of drug-likeness (QED) is 0.0228. The molecule has 0 aromatic carbocycles. The molecule has 1 aliphatic rings. The van der Waals surface area contributed by atoms with Crippen LogP contribution in [0.1, 0.15) is 226 Å². The van der Waals surface area contributed by atoms with Gasteiger partial charge in [0.05, 0.1) is 6.61 Å². The third-order valence-corrected chi connectivity index (χ3v) is 13.0. The van der Waals surface area contributed by atoms with Gasteiger partial charge in [0.1, 0.15) is 18.8 Å². The summed E-state index contributed by atoms with van der Waals surface area (Å²) in [5, 5.41) is 31.5. The molecular weight excluding hydrogens is 997 g/mol. The van der Waals surface area contributed by atoms with Gasteiger partial charge in [-0.1, -0.05) is 213 Å². The predicted molar refractivity (Wildman–Crippen MR) is 321 cm³/mol. The van der Waals surface area contributed by atoms with Crippen molar-refractivity contribution in [1.29, 1.82) is 0 Å². The second-order valence-electron chi connectivity index (χ2n) is 20.2. The fourth-order valence-corrected chi connectivity index (χ4v) is 8.40. The van der Waals surface area contributed by atoms with Gasteiger partial charge in [0, 0.05) is 19.3 Å². The van der Waals surface area contributed by atoms with Gasteiger partial charge in [0.15, 0.2) is 24.6 Å². The summed E-state index contributed by atoms with van der Waals surface area (Å²) in [6, 6.07) is 0. The van der Waals surface area contributed by atoms with E-state index in [1.54, 1.807) is 0 Å². The number of aliphatic hydroxyl groups excluding tert-OH is 2. The Morgan fingerprint density at radius 2 is 0.823 bits per heavy atom. The first-order valence-corrected chi connectivity index (χ1v) is 30.5. The fraction of sp³-hybridized carbons (Fsp3) is 0.642. The number of carbonyl (C=O) groups is 4. The van der Waals surface area contributed by atoms with Crippen molar-refractivity contribution in [3.63, 3.8) is 0 Å². The lowest BCUT2D eigenvalue weighted by molar-refractivity contribution is -0.301. The lowest BCUT2D eigenvalue weighted by Gasteiger charge is -2.40. The Hall–Kier alpha value is -4.88. The molecule has 1 heterocycles. The molecule has 1 aliphatic heterocycles. The van der Waals surface area contributed by atoms with Crippen LogP contribution in [-0.2, 0) is 42.9 Å². The number of esters is 3. The van der Waals surface area contributed by atoms with Gasteiger partial charge in [-0.2, -0.15) is 0 Å². The minimum absolute atomic E-state index is 0.0355. The van der Waals surface area contributed by atoms with E-state index in [2.05, 4.69) is 130 Å². The fourth-order valence-electron chi connectivity index (χ4n) is 8.40. The van der Waals surface area contributed by atoms with E-state index in [1.807, 2.05) is 12.2 Å². The van der Waals surface area contributed by atoms with E-state index in [-0.39, 0.29) is 25.9 Å². The Kier molecular flexibility index (Phi) is 49.1. The smallest absolute Gasteiger partial charge is 0.335 e. The molecule has 6 unspecified atom stereocenters.